The third kappa shape index (κ3) is 3.12. The Labute approximate surface area is 149 Å². The van der Waals surface area contributed by atoms with Crippen molar-refractivity contribution in [1.29, 1.82) is 0 Å². The highest BCUT2D eigenvalue weighted by Gasteiger charge is 2.07. The summed E-state index contributed by atoms with van der Waals surface area (Å²) in [4.78, 5) is 18.6. The van der Waals surface area contributed by atoms with Crippen molar-refractivity contribution >= 4 is 29.0 Å². The van der Waals surface area contributed by atoms with Crippen LogP contribution < -0.4 is 5.32 Å². The van der Waals surface area contributed by atoms with Crippen LogP contribution in [0.3, 0.4) is 0 Å². The van der Waals surface area contributed by atoms with Gasteiger partial charge in [-0.25, -0.2) is 0 Å². The largest absolute Gasteiger partial charge is 0.357 e. The molecule has 0 radical (unpaired) electrons. The van der Waals surface area contributed by atoms with Gasteiger partial charge in [0.05, 0.1) is 6.54 Å². The lowest BCUT2D eigenvalue weighted by Crippen LogP contribution is -2.22. The number of imidazole rings is 1. The molecule has 124 valence electrons. The fraction of sp³-hybridized carbons (Fsp3) is 0.0526. The van der Waals surface area contributed by atoms with Gasteiger partial charge in [0.2, 0.25) is 0 Å². The third-order valence-corrected chi connectivity index (χ3v) is 4.40. The average Bonchev–Trinajstić information content (AvgIpc) is 3.25. The van der Waals surface area contributed by atoms with Crippen LogP contribution in [0.1, 0.15) is 16.1 Å². The molecule has 0 aliphatic heterocycles. The topological polar surface area (TPSA) is 65.6 Å². The number of hydrogen-bond acceptors (Lipinski definition) is 2. The van der Waals surface area contributed by atoms with E-state index in [1.807, 2.05) is 53.2 Å². The molecule has 0 spiro atoms. The third-order valence-electron chi connectivity index (χ3n) is 4.08. The molecule has 0 aliphatic carbocycles. The van der Waals surface area contributed by atoms with Crippen molar-refractivity contribution in [1.82, 2.24) is 19.9 Å². The van der Waals surface area contributed by atoms with Crippen molar-refractivity contribution in [3.05, 3.63) is 83.0 Å². The Balaban J connectivity index is 1.45. The van der Waals surface area contributed by atoms with Gasteiger partial charge in [-0.3, -0.25) is 9.36 Å². The van der Waals surface area contributed by atoms with Gasteiger partial charge in [0.25, 0.3) is 5.91 Å². The summed E-state index contributed by atoms with van der Waals surface area (Å²) in [6, 6.07) is 17.4. The zero-order valence-electron chi connectivity index (χ0n) is 13.3. The van der Waals surface area contributed by atoms with E-state index in [1.165, 1.54) is 0 Å². The molecular formula is C19H16N4OS. The normalized spacial score (nSPS) is 10.9. The van der Waals surface area contributed by atoms with Gasteiger partial charge in [-0.1, -0.05) is 18.2 Å². The van der Waals surface area contributed by atoms with Gasteiger partial charge in [-0.2, -0.15) is 0 Å². The van der Waals surface area contributed by atoms with Gasteiger partial charge in [0.1, 0.15) is 0 Å². The number of carbonyl (C=O) groups excluding carboxylic acids is 1. The molecule has 0 saturated heterocycles. The van der Waals surface area contributed by atoms with Crippen molar-refractivity contribution in [3.63, 3.8) is 0 Å². The molecule has 2 aromatic heterocycles. The van der Waals surface area contributed by atoms with Crippen molar-refractivity contribution < 1.29 is 4.79 Å². The number of fused-ring (bicyclic) bond motifs is 1. The summed E-state index contributed by atoms with van der Waals surface area (Å²) < 4.78 is 2.47. The fourth-order valence-electron chi connectivity index (χ4n) is 2.80. The van der Waals surface area contributed by atoms with Gasteiger partial charge in [-0.05, 0) is 54.0 Å². The number of aromatic nitrogens is 3. The van der Waals surface area contributed by atoms with Gasteiger partial charge < -0.3 is 15.3 Å². The molecular weight excluding hydrogens is 332 g/mol. The predicted molar refractivity (Wildman–Crippen MR) is 100 cm³/mol. The molecule has 2 aromatic carbocycles. The lowest BCUT2D eigenvalue weighted by molar-refractivity contribution is 0.0950. The van der Waals surface area contributed by atoms with Gasteiger partial charge >= 0.3 is 0 Å². The number of para-hydroxylation sites is 1. The maximum absolute atomic E-state index is 12.3. The first-order valence-electron chi connectivity index (χ1n) is 7.92. The highest BCUT2D eigenvalue weighted by atomic mass is 32.1. The van der Waals surface area contributed by atoms with Gasteiger partial charge in [0.15, 0.2) is 4.77 Å². The van der Waals surface area contributed by atoms with Crippen LogP contribution in [0.4, 0.5) is 0 Å². The SMILES string of the molecule is O=C(NCc1cc2ccccc2[nH]1)c1ccc(-n2cc[nH]c2=S)cc1. The predicted octanol–water partition coefficient (Wildman–Crippen LogP) is 3.95. The summed E-state index contributed by atoms with van der Waals surface area (Å²) in [5.41, 5.74) is 3.57. The molecule has 0 unspecified atom stereocenters. The molecule has 3 N–H and O–H groups in total. The van der Waals surface area contributed by atoms with Crippen molar-refractivity contribution in [3.8, 4) is 5.69 Å². The van der Waals surface area contributed by atoms with Crippen LogP contribution in [0.25, 0.3) is 16.6 Å². The van der Waals surface area contributed by atoms with E-state index >= 15 is 0 Å². The second-order valence-electron chi connectivity index (χ2n) is 5.75. The lowest BCUT2D eigenvalue weighted by atomic mass is 10.2. The Morgan fingerprint density at radius 1 is 1.12 bits per heavy atom. The van der Waals surface area contributed by atoms with Gasteiger partial charge in [0, 0.05) is 34.9 Å². The Morgan fingerprint density at radius 3 is 2.64 bits per heavy atom. The maximum Gasteiger partial charge on any atom is 0.251 e. The smallest absolute Gasteiger partial charge is 0.251 e. The van der Waals surface area contributed by atoms with Crippen LogP contribution in [0.5, 0.6) is 0 Å². The molecule has 0 bridgehead atoms. The molecule has 0 fully saturated rings. The summed E-state index contributed by atoms with van der Waals surface area (Å²) in [6.45, 7) is 0.456. The fourth-order valence-corrected chi connectivity index (χ4v) is 3.04. The first-order valence-corrected chi connectivity index (χ1v) is 8.33. The summed E-state index contributed by atoms with van der Waals surface area (Å²) in [6.07, 6.45) is 3.64. The molecule has 5 nitrogen and oxygen atoms in total. The zero-order chi connectivity index (χ0) is 17.2. The number of H-pyrrole nitrogens is 2. The van der Waals surface area contributed by atoms with Crippen molar-refractivity contribution in [2.75, 3.05) is 0 Å². The number of carbonyl (C=O) groups is 1. The summed E-state index contributed by atoms with van der Waals surface area (Å²) in [7, 11) is 0. The second kappa shape index (κ2) is 6.41. The second-order valence-corrected chi connectivity index (χ2v) is 6.13. The number of nitrogens with one attached hydrogen (secondary N) is 3. The standard InChI is InChI=1S/C19H16N4OS/c24-18(21-12-15-11-14-3-1-2-4-17(14)22-15)13-5-7-16(8-6-13)23-10-9-20-19(23)25/h1-11,22H,12H2,(H,20,25)(H,21,24). The highest BCUT2D eigenvalue weighted by Crippen LogP contribution is 2.15. The Morgan fingerprint density at radius 2 is 1.92 bits per heavy atom. The van der Waals surface area contributed by atoms with E-state index in [0.29, 0.717) is 16.9 Å². The summed E-state index contributed by atoms with van der Waals surface area (Å²) in [5, 5.41) is 4.08. The summed E-state index contributed by atoms with van der Waals surface area (Å²) >= 11 is 5.20. The van der Waals surface area contributed by atoms with E-state index in [1.54, 1.807) is 18.3 Å². The van der Waals surface area contributed by atoms with E-state index in [-0.39, 0.29) is 5.91 Å². The lowest BCUT2D eigenvalue weighted by Gasteiger charge is -2.06. The molecule has 4 aromatic rings. The number of benzene rings is 2. The minimum absolute atomic E-state index is 0.108. The molecule has 1 amide bonds. The number of nitrogens with zero attached hydrogens (tertiary/aromatic N) is 1. The molecule has 6 heteroatoms. The number of aromatic amines is 2. The monoisotopic (exact) mass is 348 g/mol. The Hall–Kier alpha value is -3.12. The van der Waals surface area contributed by atoms with E-state index in [4.69, 9.17) is 12.2 Å². The van der Waals surface area contributed by atoms with Crippen LogP contribution in [-0.2, 0) is 6.54 Å². The van der Waals surface area contributed by atoms with E-state index in [2.05, 4.69) is 15.3 Å². The number of amides is 1. The molecule has 0 saturated carbocycles. The molecule has 4 rings (SSSR count). The first kappa shape index (κ1) is 15.4. The molecule has 0 atom stereocenters. The van der Waals surface area contributed by atoms with Crippen LogP contribution in [0.15, 0.2) is 67.0 Å². The molecule has 2 heterocycles. The van der Waals surface area contributed by atoms with E-state index in [0.717, 1.165) is 22.3 Å². The minimum atomic E-state index is -0.108. The van der Waals surface area contributed by atoms with Gasteiger partial charge in [-0.15, -0.1) is 0 Å². The number of rotatable bonds is 4. The Kier molecular flexibility index (Phi) is 3.95. The van der Waals surface area contributed by atoms with E-state index < -0.39 is 0 Å². The van der Waals surface area contributed by atoms with Crippen LogP contribution in [-0.4, -0.2) is 20.4 Å². The van der Waals surface area contributed by atoms with Crippen LogP contribution >= 0.6 is 12.2 Å². The van der Waals surface area contributed by atoms with Crippen LogP contribution in [0.2, 0.25) is 0 Å². The first-order chi connectivity index (χ1) is 12.2. The number of hydrogen-bond donors (Lipinski definition) is 3. The van der Waals surface area contributed by atoms with Crippen LogP contribution in [0, 0.1) is 4.77 Å². The minimum Gasteiger partial charge on any atom is -0.357 e. The van der Waals surface area contributed by atoms with E-state index in [9.17, 15) is 4.79 Å². The summed E-state index contributed by atoms with van der Waals surface area (Å²) in [5.74, 6) is -0.108. The van der Waals surface area contributed by atoms with Crippen molar-refractivity contribution in [2.24, 2.45) is 0 Å². The molecule has 0 aliphatic rings. The Bertz CT molecular complexity index is 1060. The average molecular weight is 348 g/mol. The molecule has 25 heavy (non-hydrogen) atoms. The zero-order valence-corrected chi connectivity index (χ0v) is 14.1. The van der Waals surface area contributed by atoms with Crippen molar-refractivity contribution in [2.45, 2.75) is 6.54 Å². The maximum atomic E-state index is 12.3. The quantitative estimate of drug-likeness (QED) is 0.489. The highest BCUT2D eigenvalue weighted by molar-refractivity contribution is 7.71.